The summed E-state index contributed by atoms with van der Waals surface area (Å²) in [5.41, 5.74) is 4.86. The van der Waals surface area contributed by atoms with E-state index in [1.807, 2.05) is 55.1 Å². The van der Waals surface area contributed by atoms with Crippen LogP contribution < -0.4 is 23.8 Å². The van der Waals surface area contributed by atoms with Crippen molar-refractivity contribution < 1.29 is 23.7 Å². The van der Waals surface area contributed by atoms with E-state index < -0.39 is 0 Å². The number of amides is 1. The second-order valence-corrected chi connectivity index (χ2v) is 8.16. The maximum absolute atomic E-state index is 13.6. The average Bonchev–Trinajstić information content (AvgIpc) is 2.83. The molecule has 0 saturated heterocycles. The number of hydrogen-bond donors (Lipinski definition) is 0. The zero-order chi connectivity index (χ0) is 24.2. The lowest BCUT2D eigenvalue weighted by molar-refractivity contribution is -0.118. The summed E-state index contributed by atoms with van der Waals surface area (Å²) in [6.45, 7) is 6.99. The van der Waals surface area contributed by atoms with Gasteiger partial charge in [-0.15, -0.1) is 0 Å². The highest BCUT2D eigenvalue weighted by Crippen LogP contribution is 2.45. The van der Waals surface area contributed by atoms with Crippen molar-refractivity contribution in [3.8, 4) is 23.0 Å². The molecule has 1 aliphatic heterocycles. The molecule has 1 amide bonds. The molecule has 0 aromatic heterocycles. The van der Waals surface area contributed by atoms with Gasteiger partial charge in [-0.05, 0) is 61.7 Å². The number of carbonyl (C=O) groups is 1. The Morgan fingerprint density at radius 1 is 0.853 bits per heavy atom. The van der Waals surface area contributed by atoms with Gasteiger partial charge in [0.1, 0.15) is 0 Å². The molecule has 178 valence electrons. The lowest BCUT2D eigenvalue weighted by Gasteiger charge is -2.38. The van der Waals surface area contributed by atoms with E-state index in [1.54, 1.807) is 14.2 Å². The molecule has 1 atom stereocenters. The lowest BCUT2D eigenvalue weighted by atomic mass is 9.86. The standard InChI is InChI=1S/C28H31NO5/c1-6-33-25-14-20-15-27(30)29(21-11-12-23(31-4)24(16-21)32-5)28(19-10-8-9-18(3)13-19)22(20)17-26(25)34-7-2/h8-14,16-17,28H,6-7,15H2,1-5H3. The van der Waals surface area contributed by atoms with E-state index in [-0.39, 0.29) is 18.4 Å². The molecule has 4 rings (SSSR count). The number of ether oxygens (including phenoxy) is 4. The molecule has 3 aromatic rings. The largest absolute Gasteiger partial charge is 0.493 e. The molecule has 0 spiro atoms. The van der Waals surface area contributed by atoms with Gasteiger partial charge in [0, 0.05) is 11.8 Å². The summed E-state index contributed by atoms with van der Waals surface area (Å²) in [5, 5.41) is 0. The van der Waals surface area contributed by atoms with Crippen LogP contribution in [0.2, 0.25) is 0 Å². The Labute approximate surface area is 201 Å². The molecule has 6 nitrogen and oxygen atoms in total. The third-order valence-corrected chi connectivity index (χ3v) is 5.97. The molecular weight excluding hydrogens is 430 g/mol. The number of anilines is 1. The maximum atomic E-state index is 13.6. The molecule has 34 heavy (non-hydrogen) atoms. The average molecular weight is 462 g/mol. The summed E-state index contributed by atoms with van der Waals surface area (Å²) in [7, 11) is 3.19. The predicted molar refractivity (Wildman–Crippen MR) is 133 cm³/mol. The van der Waals surface area contributed by atoms with E-state index in [1.165, 1.54) is 0 Å². The first-order valence-corrected chi connectivity index (χ1v) is 11.5. The summed E-state index contributed by atoms with van der Waals surface area (Å²) in [4.78, 5) is 15.5. The van der Waals surface area contributed by atoms with Crippen LogP contribution >= 0.6 is 0 Å². The number of aryl methyl sites for hydroxylation is 1. The van der Waals surface area contributed by atoms with Crippen LogP contribution in [0, 0.1) is 6.92 Å². The van der Waals surface area contributed by atoms with Crippen LogP contribution in [0.3, 0.4) is 0 Å². The Balaban J connectivity index is 1.93. The van der Waals surface area contributed by atoms with E-state index in [4.69, 9.17) is 18.9 Å². The SMILES string of the molecule is CCOc1cc2c(cc1OCC)C(c1cccc(C)c1)N(c1ccc(OC)c(OC)c1)C(=O)C2. The van der Waals surface area contributed by atoms with Gasteiger partial charge in [0.25, 0.3) is 0 Å². The van der Waals surface area contributed by atoms with E-state index >= 15 is 0 Å². The zero-order valence-corrected chi connectivity index (χ0v) is 20.4. The lowest BCUT2D eigenvalue weighted by Crippen LogP contribution is -2.41. The zero-order valence-electron chi connectivity index (χ0n) is 20.4. The number of fused-ring (bicyclic) bond motifs is 1. The van der Waals surface area contributed by atoms with Gasteiger partial charge in [0.2, 0.25) is 5.91 Å². The van der Waals surface area contributed by atoms with Crippen molar-refractivity contribution in [2.75, 3.05) is 32.3 Å². The van der Waals surface area contributed by atoms with Crippen LogP contribution in [0.1, 0.15) is 42.1 Å². The van der Waals surface area contributed by atoms with Gasteiger partial charge in [0.05, 0.1) is 39.9 Å². The van der Waals surface area contributed by atoms with Crippen LogP contribution in [0.4, 0.5) is 5.69 Å². The van der Waals surface area contributed by atoms with Gasteiger partial charge in [0.15, 0.2) is 23.0 Å². The Morgan fingerprint density at radius 2 is 1.56 bits per heavy atom. The fourth-order valence-corrected chi connectivity index (χ4v) is 4.53. The summed E-state index contributed by atoms with van der Waals surface area (Å²) < 4.78 is 22.7. The number of benzene rings is 3. The molecule has 1 heterocycles. The van der Waals surface area contributed by atoms with Crippen molar-refractivity contribution in [3.05, 3.63) is 76.9 Å². The van der Waals surface area contributed by atoms with Crippen molar-refractivity contribution in [1.29, 1.82) is 0 Å². The molecule has 3 aromatic carbocycles. The minimum Gasteiger partial charge on any atom is -0.493 e. The number of methoxy groups -OCH3 is 2. The van der Waals surface area contributed by atoms with Crippen LogP contribution in [-0.2, 0) is 11.2 Å². The second-order valence-electron chi connectivity index (χ2n) is 8.16. The van der Waals surface area contributed by atoms with E-state index in [0.717, 1.165) is 27.9 Å². The Kier molecular flexibility index (Phi) is 6.96. The monoisotopic (exact) mass is 461 g/mol. The summed E-state index contributed by atoms with van der Waals surface area (Å²) >= 11 is 0. The summed E-state index contributed by atoms with van der Waals surface area (Å²) in [6, 6.07) is 17.5. The van der Waals surface area contributed by atoms with E-state index in [2.05, 4.69) is 25.1 Å². The number of carbonyl (C=O) groups excluding carboxylic acids is 1. The molecule has 0 bridgehead atoms. The molecule has 0 radical (unpaired) electrons. The normalized spacial score (nSPS) is 15.0. The van der Waals surface area contributed by atoms with Crippen LogP contribution in [-0.4, -0.2) is 33.3 Å². The first kappa shape index (κ1) is 23.5. The first-order valence-electron chi connectivity index (χ1n) is 11.5. The van der Waals surface area contributed by atoms with Gasteiger partial charge in [-0.3, -0.25) is 4.79 Å². The van der Waals surface area contributed by atoms with Crippen LogP contribution in [0.25, 0.3) is 0 Å². The maximum Gasteiger partial charge on any atom is 0.232 e. The van der Waals surface area contributed by atoms with Crippen LogP contribution in [0.15, 0.2) is 54.6 Å². The molecule has 0 saturated carbocycles. The van der Waals surface area contributed by atoms with Crippen molar-refractivity contribution in [1.82, 2.24) is 0 Å². The topological polar surface area (TPSA) is 57.2 Å². The minimum atomic E-state index is -0.330. The van der Waals surface area contributed by atoms with Gasteiger partial charge in [-0.1, -0.05) is 29.8 Å². The quantitative estimate of drug-likeness (QED) is 0.444. The molecule has 6 heteroatoms. The Bertz CT molecular complexity index is 1190. The molecule has 0 fully saturated rings. The number of rotatable bonds is 8. The fraction of sp³-hybridized carbons (Fsp3) is 0.321. The summed E-state index contributed by atoms with van der Waals surface area (Å²) in [5.74, 6) is 2.53. The molecule has 1 aliphatic rings. The molecule has 0 N–H and O–H groups in total. The molecular formula is C28H31NO5. The Morgan fingerprint density at radius 3 is 2.21 bits per heavy atom. The van der Waals surface area contributed by atoms with Crippen molar-refractivity contribution in [3.63, 3.8) is 0 Å². The highest BCUT2D eigenvalue weighted by atomic mass is 16.5. The van der Waals surface area contributed by atoms with Crippen molar-refractivity contribution in [2.24, 2.45) is 0 Å². The predicted octanol–water partition coefficient (Wildman–Crippen LogP) is 5.49. The van der Waals surface area contributed by atoms with Gasteiger partial charge >= 0.3 is 0 Å². The van der Waals surface area contributed by atoms with Crippen LogP contribution in [0.5, 0.6) is 23.0 Å². The number of hydrogen-bond acceptors (Lipinski definition) is 5. The minimum absolute atomic E-state index is 0.00201. The highest BCUT2D eigenvalue weighted by molar-refractivity contribution is 5.98. The highest BCUT2D eigenvalue weighted by Gasteiger charge is 2.36. The van der Waals surface area contributed by atoms with Gasteiger partial charge in [-0.25, -0.2) is 0 Å². The molecule has 1 unspecified atom stereocenters. The smallest absolute Gasteiger partial charge is 0.232 e. The third kappa shape index (κ3) is 4.40. The van der Waals surface area contributed by atoms with Gasteiger partial charge in [-0.2, -0.15) is 0 Å². The second kappa shape index (κ2) is 10.1. The number of nitrogens with zero attached hydrogens (tertiary/aromatic N) is 1. The van der Waals surface area contributed by atoms with Crippen molar-refractivity contribution >= 4 is 11.6 Å². The van der Waals surface area contributed by atoms with Gasteiger partial charge < -0.3 is 23.8 Å². The fourth-order valence-electron chi connectivity index (χ4n) is 4.53. The molecule has 0 aliphatic carbocycles. The first-order chi connectivity index (χ1) is 16.5. The van der Waals surface area contributed by atoms with E-state index in [0.29, 0.717) is 36.2 Å². The van der Waals surface area contributed by atoms with E-state index in [9.17, 15) is 4.79 Å². The third-order valence-electron chi connectivity index (χ3n) is 5.97. The summed E-state index contributed by atoms with van der Waals surface area (Å²) in [6.07, 6.45) is 0.262. The van der Waals surface area contributed by atoms with Crippen molar-refractivity contribution in [2.45, 2.75) is 33.2 Å². The Hall–Kier alpha value is -3.67.